The Labute approximate surface area is 193 Å². The summed E-state index contributed by atoms with van der Waals surface area (Å²) in [6, 6.07) is 18.7. The monoisotopic (exact) mass is 455 g/mol. The standard InChI is InChI=1S/C27H18FNO5/c1-14-10-12-15(13-11-14)29-25(32)20-21(26(29)33)27(34-22(20)18-8-4-5-9-19(18)28)23(30)16-6-2-3-7-17(16)24(27)31/h2-13,20-22H,1H3/t20-,21+,22+/m0/s1. The highest BCUT2D eigenvalue weighted by Gasteiger charge is 2.75. The van der Waals surface area contributed by atoms with Crippen LogP contribution in [-0.2, 0) is 14.3 Å². The van der Waals surface area contributed by atoms with Crippen LogP contribution >= 0.6 is 0 Å². The summed E-state index contributed by atoms with van der Waals surface area (Å²) in [5, 5.41) is 0. The highest BCUT2D eigenvalue weighted by Crippen LogP contribution is 2.57. The molecule has 168 valence electrons. The maximum absolute atomic E-state index is 14.9. The summed E-state index contributed by atoms with van der Waals surface area (Å²) in [6.07, 6.45) is -1.28. The lowest BCUT2D eigenvalue weighted by Gasteiger charge is -2.27. The molecule has 3 aliphatic rings. The molecule has 3 atom stereocenters. The summed E-state index contributed by atoms with van der Waals surface area (Å²) in [4.78, 5) is 55.8. The van der Waals surface area contributed by atoms with Crippen LogP contribution in [0.4, 0.5) is 10.1 Å². The molecule has 0 bridgehead atoms. The fourth-order valence-electron chi connectivity index (χ4n) is 5.45. The van der Waals surface area contributed by atoms with E-state index in [1.54, 1.807) is 42.5 Å². The molecule has 2 heterocycles. The van der Waals surface area contributed by atoms with E-state index in [0.29, 0.717) is 5.69 Å². The van der Waals surface area contributed by atoms with E-state index in [-0.39, 0.29) is 16.7 Å². The van der Waals surface area contributed by atoms with E-state index in [4.69, 9.17) is 4.74 Å². The van der Waals surface area contributed by atoms with E-state index in [0.717, 1.165) is 10.5 Å². The van der Waals surface area contributed by atoms with Gasteiger partial charge in [-0.1, -0.05) is 60.2 Å². The normalized spacial score (nSPS) is 24.8. The molecule has 34 heavy (non-hydrogen) atoms. The van der Waals surface area contributed by atoms with Gasteiger partial charge in [0.15, 0.2) is 0 Å². The Hall–Kier alpha value is -3.97. The summed E-state index contributed by atoms with van der Waals surface area (Å²) in [7, 11) is 0. The Balaban J connectivity index is 1.56. The largest absolute Gasteiger partial charge is 0.349 e. The lowest BCUT2D eigenvalue weighted by atomic mass is 9.77. The third-order valence-corrected chi connectivity index (χ3v) is 7.02. The molecule has 6 rings (SSSR count). The maximum Gasteiger partial charge on any atom is 0.241 e. The van der Waals surface area contributed by atoms with Crippen molar-refractivity contribution >= 4 is 29.1 Å². The number of rotatable bonds is 2. The average Bonchev–Trinajstić information content (AvgIpc) is 3.40. The van der Waals surface area contributed by atoms with Crippen molar-refractivity contribution in [1.29, 1.82) is 0 Å². The third-order valence-electron chi connectivity index (χ3n) is 7.02. The number of ether oxygens (including phenoxy) is 1. The van der Waals surface area contributed by atoms with Gasteiger partial charge in [0.1, 0.15) is 5.82 Å². The number of carbonyl (C=O) groups excluding carboxylic acids is 4. The zero-order valence-corrected chi connectivity index (χ0v) is 18.0. The Kier molecular flexibility index (Phi) is 4.25. The predicted molar refractivity (Wildman–Crippen MR) is 119 cm³/mol. The number of ketones is 2. The van der Waals surface area contributed by atoms with E-state index in [1.165, 1.54) is 30.3 Å². The van der Waals surface area contributed by atoms with Crippen molar-refractivity contribution < 1.29 is 28.3 Å². The summed E-state index contributed by atoms with van der Waals surface area (Å²) < 4.78 is 20.9. The number of Topliss-reactive ketones (excluding diaryl/α,β-unsaturated/α-hetero) is 2. The van der Waals surface area contributed by atoms with Crippen molar-refractivity contribution in [3.8, 4) is 0 Å². The molecule has 2 amide bonds. The second-order valence-electron chi connectivity index (χ2n) is 8.85. The SMILES string of the molecule is Cc1ccc(N2C(=O)[C@@H]3[C@@H](c4ccccc4F)OC4(C(=O)c5ccccc5C4=O)[C@H]3C2=O)cc1. The van der Waals surface area contributed by atoms with Crippen molar-refractivity contribution in [1.82, 2.24) is 0 Å². The molecule has 2 aliphatic heterocycles. The molecule has 3 aromatic rings. The van der Waals surface area contributed by atoms with Gasteiger partial charge in [0.25, 0.3) is 0 Å². The Bertz CT molecular complexity index is 1380. The average molecular weight is 455 g/mol. The van der Waals surface area contributed by atoms with Gasteiger partial charge in [0.05, 0.1) is 23.6 Å². The number of hydrogen-bond acceptors (Lipinski definition) is 5. The van der Waals surface area contributed by atoms with Gasteiger partial charge in [-0.15, -0.1) is 0 Å². The molecular weight excluding hydrogens is 437 g/mol. The van der Waals surface area contributed by atoms with Crippen LogP contribution in [0.25, 0.3) is 0 Å². The van der Waals surface area contributed by atoms with Crippen molar-refractivity contribution in [3.05, 3.63) is 101 Å². The fraction of sp³-hybridized carbons (Fsp3) is 0.185. The minimum absolute atomic E-state index is 0.0258. The van der Waals surface area contributed by atoms with E-state index < -0.39 is 52.7 Å². The highest BCUT2D eigenvalue weighted by molar-refractivity contribution is 6.37. The number of benzene rings is 3. The van der Waals surface area contributed by atoms with Crippen LogP contribution < -0.4 is 4.90 Å². The first-order chi connectivity index (χ1) is 16.4. The number of imide groups is 1. The zero-order chi connectivity index (χ0) is 23.8. The van der Waals surface area contributed by atoms with Crippen molar-refractivity contribution in [2.75, 3.05) is 4.90 Å². The number of fused-ring (bicyclic) bond motifs is 3. The molecular formula is C27H18FNO5. The molecule has 3 aromatic carbocycles. The highest BCUT2D eigenvalue weighted by atomic mass is 19.1. The Morgan fingerprint density at radius 2 is 1.38 bits per heavy atom. The molecule has 0 saturated carbocycles. The minimum Gasteiger partial charge on any atom is -0.349 e. The molecule has 2 fully saturated rings. The number of anilines is 1. The second kappa shape index (κ2) is 7.01. The molecule has 0 aromatic heterocycles. The lowest BCUT2D eigenvalue weighted by Crippen LogP contribution is -2.51. The summed E-state index contributed by atoms with van der Waals surface area (Å²) in [5.74, 6) is -5.95. The van der Waals surface area contributed by atoms with Crippen LogP contribution in [0.2, 0.25) is 0 Å². The number of halogens is 1. The number of nitrogens with zero attached hydrogens (tertiary/aromatic N) is 1. The Morgan fingerprint density at radius 3 is 2.00 bits per heavy atom. The van der Waals surface area contributed by atoms with Crippen molar-refractivity contribution in [3.63, 3.8) is 0 Å². The van der Waals surface area contributed by atoms with Gasteiger partial charge in [0, 0.05) is 16.7 Å². The van der Waals surface area contributed by atoms with Crippen molar-refractivity contribution in [2.24, 2.45) is 11.8 Å². The fourth-order valence-corrected chi connectivity index (χ4v) is 5.45. The first kappa shape index (κ1) is 20.6. The molecule has 0 unspecified atom stereocenters. The second-order valence-corrected chi connectivity index (χ2v) is 8.85. The van der Waals surface area contributed by atoms with Crippen molar-refractivity contribution in [2.45, 2.75) is 18.6 Å². The molecule has 0 radical (unpaired) electrons. The van der Waals surface area contributed by atoms with Gasteiger partial charge in [-0.25, -0.2) is 9.29 Å². The topological polar surface area (TPSA) is 80.8 Å². The van der Waals surface area contributed by atoms with Gasteiger partial charge >= 0.3 is 0 Å². The number of aryl methyl sites for hydroxylation is 1. The molecule has 2 saturated heterocycles. The van der Waals surface area contributed by atoms with Gasteiger partial charge in [-0.05, 0) is 25.1 Å². The molecule has 6 nitrogen and oxygen atoms in total. The van der Waals surface area contributed by atoms with E-state index in [2.05, 4.69) is 0 Å². The summed E-state index contributed by atoms with van der Waals surface area (Å²) in [6.45, 7) is 1.87. The van der Waals surface area contributed by atoms with Gasteiger partial charge in [0.2, 0.25) is 29.0 Å². The summed E-state index contributed by atoms with van der Waals surface area (Å²) in [5.41, 5.74) is -0.661. The molecule has 1 spiro atoms. The number of hydrogen-bond donors (Lipinski definition) is 0. The van der Waals surface area contributed by atoms with Crippen LogP contribution in [0, 0.1) is 24.6 Å². The van der Waals surface area contributed by atoms with Gasteiger partial charge < -0.3 is 4.74 Å². The van der Waals surface area contributed by atoms with Gasteiger partial charge in [-0.3, -0.25) is 19.2 Å². The van der Waals surface area contributed by atoms with E-state index >= 15 is 0 Å². The van der Waals surface area contributed by atoms with Crippen LogP contribution in [0.3, 0.4) is 0 Å². The van der Waals surface area contributed by atoms with Crippen LogP contribution in [0.1, 0.15) is 37.9 Å². The first-order valence-electron chi connectivity index (χ1n) is 10.9. The minimum atomic E-state index is -2.21. The Morgan fingerprint density at radius 1 is 0.794 bits per heavy atom. The smallest absolute Gasteiger partial charge is 0.241 e. The predicted octanol–water partition coefficient (Wildman–Crippen LogP) is 3.83. The van der Waals surface area contributed by atoms with E-state index in [1.807, 2.05) is 6.92 Å². The molecule has 7 heteroatoms. The number of carbonyl (C=O) groups is 4. The third kappa shape index (κ3) is 2.47. The van der Waals surface area contributed by atoms with Crippen LogP contribution in [-0.4, -0.2) is 29.0 Å². The lowest BCUT2D eigenvalue weighted by molar-refractivity contribution is -0.127. The quantitative estimate of drug-likeness (QED) is 0.433. The first-order valence-corrected chi connectivity index (χ1v) is 10.9. The molecule has 0 N–H and O–H groups in total. The molecule has 1 aliphatic carbocycles. The van der Waals surface area contributed by atoms with Crippen LogP contribution in [0.15, 0.2) is 72.8 Å². The van der Waals surface area contributed by atoms with Crippen LogP contribution in [0.5, 0.6) is 0 Å². The summed E-state index contributed by atoms with van der Waals surface area (Å²) >= 11 is 0. The van der Waals surface area contributed by atoms with E-state index in [9.17, 15) is 23.6 Å². The zero-order valence-electron chi connectivity index (χ0n) is 18.0. The van der Waals surface area contributed by atoms with Gasteiger partial charge in [-0.2, -0.15) is 0 Å². The maximum atomic E-state index is 14.9. The number of amides is 2.